The topological polar surface area (TPSA) is 59.8 Å². The molecule has 0 saturated carbocycles. The Morgan fingerprint density at radius 1 is 1.33 bits per heavy atom. The number of benzene rings is 1. The van der Waals surface area contributed by atoms with Gasteiger partial charge in [0.1, 0.15) is 0 Å². The van der Waals surface area contributed by atoms with Crippen molar-refractivity contribution in [2.24, 2.45) is 0 Å². The molecule has 18 heavy (non-hydrogen) atoms. The number of hydrogen-bond donors (Lipinski definition) is 0. The van der Waals surface area contributed by atoms with Crippen LogP contribution in [0.15, 0.2) is 28.6 Å². The molecule has 2 aromatic rings. The van der Waals surface area contributed by atoms with E-state index in [0.29, 0.717) is 4.34 Å². The maximum absolute atomic E-state index is 12.3. The van der Waals surface area contributed by atoms with Gasteiger partial charge in [-0.2, -0.15) is 0 Å². The van der Waals surface area contributed by atoms with E-state index in [1.165, 1.54) is 11.3 Å². The van der Waals surface area contributed by atoms with Crippen LogP contribution in [0, 0.1) is 0 Å². The van der Waals surface area contributed by atoms with Crippen molar-refractivity contribution >= 4 is 41.9 Å². The zero-order valence-corrected chi connectivity index (χ0v) is 13.6. The number of aromatic nitrogens is 1. The number of nitrogens with zero attached hydrogens (tertiary/aromatic N) is 1. The zero-order chi connectivity index (χ0) is 12.7. The fraction of sp³-hybridized carbons (Fsp3) is 0.364. The van der Waals surface area contributed by atoms with Crippen LogP contribution in [0.3, 0.4) is 0 Å². The van der Waals surface area contributed by atoms with Crippen LogP contribution in [0.2, 0.25) is 0 Å². The first-order valence-electron chi connectivity index (χ1n) is 5.13. The molecule has 0 fully saturated rings. The van der Waals surface area contributed by atoms with Crippen LogP contribution < -0.4 is 0 Å². The molecular formula is C11H14CuN2OS3. The molecule has 1 aromatic carbocycles. The van der Waals surface area contributed by atoms with Gasteiger partial charge in [0.2, 0.25) is 0 Å². The molecule has 1 N–H and O–H groups in total. The van der Waals surface area contributed by atoms with Crippen molar-refractivity contribution < 1.29 is 21.6 Å². The van der Waals surface area contributed by atoms with Gasteiger partial charge in [-0.05, 0) is 16.9 Å². The summed E-state index contributed by atoms with van der Waals surface area (Å²) in [4.78, 5) is 4.39. The Hall–Kier alpha value is 0.249. The summed E-state index contributed by atoms with van der Waals surface area (Å²) < 4.78 is 13.5. The second-order valence-corrected chi connectivity index (χ2v) is 10.6. The van der Waals surface area contributed by atoms with Crippen molar-refractivity contribution in [1.82, 2.24) is 4.98 Å². The smallest absolute Gasteiger partial charge is 0.819 e. The summed E-state index contributed by atoms with van der Waals surface area (Å²) in [5, 5.41) is 7.95. The Morgan fingerprint density at radius 2 is 1.94 bits per heavy atom. The van der Waals surface area contributed by atoms with Crippen molar-refractivity contribution in [3.05, 3.63) is 29.4 Å². The van der Waals surface area contributed by atoms with Crippen LogP contribution in [0.1, 0.15) is 20.8 Å². The van der Waals surface area contributed by atoms with Crippen molar-refractivity contribution in [1.29, 1.82) is 0 Å². The molecule has 1 radical (unpaired) electrons. The Bertz CT molecular complexity index is 503. The van der Waals surface area contributed by atoms with E-state index < -0.39 is 14.3 Å². The van der Waals surface area contributed by atoms with Crippen LogP contribution in [-0.2, 0) is 17.1 Å². The Kier molecular flexibility index (Phi) is 5.17. The molecule has 0 aliphatic rings. The van der Waals surface area contributed by atoms with Crippen molar-refractivity contribution in [3.8, 4) is 0 Å². The molecule has 1 aromatic heterocycles. The molecule has 0 aliphatic carbocycles. The van der Waals surface area contributed by atoms with E-state index in [2.05, 4.69) is 4.98 Å². The number of para-hydroxylation sites is 1. The van der Waals surface area contributed by atoms with Gasteiger partial charge in [0.25, 0.3) is 0 Å². The van der Waals surface area contributed by atoms with E-state index in [9.17, 15) is 4.55 Å². The van der Waals surface area contributed by atoms with Gasteiger partial charge in [-0.3, -0.25) is 0 Å². The monoisotopic (exact) mass is 349 g/mol. The normalized spacial score (nSPS) is 16.9. The first-order valence-corrected chi connectivity index (χ1v) is 8.84. The van der Waals surface area contributed by atoms with Gasteiger partial charge in [0.05, 0.1) is 10.2 Å². The maximum Gasteiger partial charge on any atom is 2.00 e. The van der Waals surface area contributed by atoms with Crippen molar-refractivity contribution in [3.63, 3.8) is 0 Å². The minimum Gasteiger partial charge on any atom is -0.819 e. The average Bonchev–Trinajstić information content (AvgIpc) is 2.56. The summed E-state index contributed by atoms with van der Waals surface area (Å²) in [6, 6.07) is 7.80. The van der Waals surface area contributed by atoms with Crippen molar-refractivity contribution in [2.45, 2.75) is 29.9 Å². The molecule has 0 spiro atoms. The maximum atomic E-state index is 12.3. The quantitative estimate of drug-likeness (QED) is 0.566. The third-order valence-electron chi connectivity index (χ3n) is 2.27. The number of hydrogen-bond acceptors (Lipinski definition) is 4. The van der Waals surface area contributed by atoms with Gasteiger partial charge in [-0.1, -0.05) is 43.7 Å². The predicted molar refractivity (Wildman–Crippen MR) is 77.9 cm³/mol. The third-order valence-corrected chi connectivity index (χ3v) is 8.68. The van der Waals surface area contributed by atoms with E-state index in [-0.39, 0.29) is 17.1 Å². The van der Waals surface area contributed by atoms with Gasteiger partial charge < -0.3 is 19.2 Å². The summed E-state index contributed by atoms with van der Waals surface area (Å²) in [7, 11) is -1.65. The molecule has 1 unspecified atom stereocenters. The number of fused-ring (bicyclic) bond motifs is 1. The van der Waals surface area contributed by atoms with Gasteiger partial charge in [0, 0.05) is 0 Å². The molecule has 103 valence electrons. The zero-order valence-electron chi connectivity index (χ0n) is 10.2. The summed E-state index contributed by atoms with van der Waals surface area (Å²) >= 11 is 1.49. The molecular weight excluding hydrogens is 336 g/mol. The Morgan fingerprint density at radius 3 is 2.50 bits per heavy atom. The Balaban J connectivity index is 0.00000162. The molecule has 0 amide bonds. The molecule has 7 heteroatoms. The average molecular weight is 350 g/mol. The molecule has 1 atom stereocenters. The van der Waals surface area contributed by atoms with Crippen LogP contribution >= 0.6 is 31.7 Å². The molecule has 0 aliphatic heterocycles. The van der Waals surface area contributed by atoms with Gasteiger partial charge >= 0.3 is 17.1 Å². The predicted octanol–water partition coefficient (Wildman–Crippen LogP) is 5.00. The summed E-state index contributed by atoms with van der Waals surface area (Å²) in [5.41, 5.74) is 0.907. The molecule has 1 heterocycles. The SMILES string of the molecule is CC(C)(C)S([NH-])([O-])Sc1nc2ccccc2s1.[Cu+2]. The van der Waals surface area contributed by atoms with Crippen LogP contribution in [0.25, 0.3) is 15.4 Å². The standard InChI is InChI=1S/C11H15N2OS3.Cu/c1-11(2,3)17(12,14)16-10-13-8-6-4-5-7-9(8)15-10;/h4-7,12,14H,1-3H3;/q-1;+2/p-1. The second-order valence-electron chi connectivity index (χ2n) is 4.65. The van der Waals surface area contributed by atoms with Crippen LogP contribution in [0.5, 0.6) is 0 Å². The van der Waals surface area contributed by atoms with E-state index in [1.807, 2.05) is 45.0 Å². The minimum absolute atomic E-state index is 0. The minimum atomic E-state index is -2.73. The van der Waals surface area contributed by atoms with Crippen LogP contribution in [0.4, 0.5) is 0 Å². The summed E-state index contributed by atoms with van der Waals surface area (Å²) in [6.07, 6.45) is 0. The fourth-order valence-corrected chi connectivity index (χ4v) is 5.43. The van der Waals surface area contributed by atoms with E-state index in [4.69, 9.17) is 5.14 Å². The summed E-state index contributed by atoms with van der Waals surface area (Å²) in [5.74, 6) is 0. The van der Waals surface area contributed by atoms with Gasteiger partial charge in [0.15, 0.2) is 4.34 Å². The number of rotatable bonds is 2. The van der Waals surface area contributed by atoms with E-state index >= 15 is 0 Å². The summed E-state index contributed by atoms with van der Waals surface area (Å²) in [6.45, 7) is 5.47. The Labute approximate surface area is 127 Å². The molecule has 0 bridgehead atoms. The molecule has 2 rings (SSSR count). The van der Waals surface area contributed by atoms with E-state index in [1.54, 1.807) is 0 Å². The van der Waals surface area contributed by atoms with E-state index in [0.717, 1.165) is 21.0 Å². The first-order chi connectivity index (χ1) is 7.79. The van der Waals surface area contributed by atoms with Gasteiger partial charge in [-0.15, -0.1) is 11.3 Å². The van der Waals surface area contributed by atoms with Crippen LogP contribution in [-0.4, -0.2) is 14.3 Å². The number of nitrogens with one attached hydrogen (secondary N) is 1. The van der Waals surface area contributed by atoms with Gasteiger partial charge in [-0.25, -0.2) is 4.98 Å². The third kappa shape index (κ3) is 3.42. The number of thiazole rings is 1. The molecule has 0 saturated heterocycles. The largest absolute Gasteiger partial charge is 2.00 e. The fourth-order valence-electron chi connectivity index (χ4n) is 1.11. The molecule has 3 nitrogen and oxygen atoms in total. The second kappa shape index (κ2) is 5.71. The first kappa shape index (κ1) is 16.3. The van der Waals surface area contributed by atoms with Crippen molar-refractivity contribution in [2.75, 3.05) is 0 Å².